The first-order chi connectivity index (χ1) is 6.67. The summed E-state index contributed by atoms with van der Waals surface area (Å²) in [5.74, 6) is 0.536. The Balaban J connectivity index is 2.94. The molecule has 1 heterocycles. The summed E-state index contributed by atoms with van der Waals surface area (Å²) in [6, 6.07) is 5.45. The second-order valence-electron chi connectivity index (χ2n) is 3.19. The SMILES string of the molecule is Cc1ccc(C#N)c(NC(C)CO)n1. The number of rotatable bonds is 3. The number of anilines is 1. The summed E-state index contributed by atoms with van der Waals surface area (Å²) in [4.78, 5) is 4.19. The zero-order valence-corrected chi connectivity index (χ0v) is 8.28. The van der Waals surface area contributed by atoms with E-state index in [4.69, 9.17) is 10.4 Å². The van der Waals surface area contributed by atoms with Gasteiger partial charge < -0.3 is 10.4 Å². The molecule has 14 heavy (non-hydrogen) atoms. The third-order valence-corrected chi connectivity index (χ3v) is 1.81. The Bertz CT molecular complexity index is 357. The van der Waals surface area contributed by atoms with Crippen molar-refractivity contribution in [2.45, 2.75) is 19.9 Å². The zero-order valence-electron chi connectivity index (χ0n) is 8.28. The fourth-order valence-electron chi connectivity index (χ4n) is 1.04. The fourth-order valence-corrected chi connectivity index (χ4v) is 1.04. The molecular weight excluding hydrogens is 178 g/mol. The van der Waals surface area contributed by atoms with Crippen LogP contribution in [0, 0.1) is 18.3 Å². The van der Waals surface area contributed by atoms with Gasteiger partial charge in [0.1, 0.15) is 11.9 Å². The van der Waals surface area contributed by atoms with E-state index in [9.17, 15) is 0 Å². The number of hydrogen-bond acceptors (Lipinski definition) is 4. The van der Waals surface area contributed by atoms with E-state index in [1.54, 1.807) is 12.1 Å². The minimum atomic E-state index is -0.101. The van der Waals surface area contributed by atoms with Gasteiger partial charge in [-0.1, -0.05) is 0 Å². The van der Waals surface area contributed by atoms with E-state index >= 15 is 0 Å². The molecule has 0 saturated carbocycles. The van der Waals surface area contributed by atoms with Crippen LogP contribution in [-0.2, 0) is 0 Å². The van der Waals surface area contributed by atoms with Crippen LogP contribution in [0.25, 0.3) is 0 Å². The molecule has 1 rings (SSSR count). The Hall–Kier alpha value is -1.60. The lowest BCUT2D eigenvalue weighted by Crippen LogP contribution is -2.20. The number of pyridine rings is 1. The highest BCUT2D eigenvalue weighted by atomic mass is 16.3. The molecule has 2 N–H and O–H groups in total. The van der Waals surface area contributed by atoms with Crippen LogP contribution in [0.3, 0.4) is 0 Å². The molecule has 74 valence electrons. The molecule has 0 radical (unpaired) electrons. The molecular formula is C10H13N3O. The molecule has 1 atom stereocenters. The van der Waals surface area contributed by atoms with E-state index in [0.29, 0.717) is 11.4 Å². The Morgan fingerprint density at radius 1 is 1.64 bits per heavy atom. The third-order valence-electron chi connectivity index (χ3n) is 1.81. The lowest BCUT2D eigenvalue weighted by atomic mass is 10.2. The monoisotopic (exact) mass is 191 g/mol. The van der Waals surface area contributed by atoms with Crippen molar-refractivity contribution in [2.75, 3.05) is 11.9 Å². The van der Waals surface area contributed by atoms with E-state index in [0.717, 1.165) is 5.69 Å². The molecule has 0 bridgehead atoms. The minimum absolute atomic E-state index is 0.0144. The maximum atomic E-state index is 8.86. The molecule has 1 aromatic heterocycles. The standard InChI is InChI=1S/C10H13N3O/c1-7-3-4-9(5-11)10(12-7)13-8(2)6-14/h3-4,8,14H,6H2,1-2H3,(H,12,13). The molecule has 4 heteroatoms. The summed E-state index contributed by atoms with van der Waals surface area (Å²) in [6.07, 6.45) is 0. The van der Waals surface area contributed by atoms with Crippen molar-refractivity contribution in [3.8, 4) is 6.07 Å². The van der Waals surface area contributed by atoms with Crippen molar-refractivity contribution in [1.29, 1.82) is 5.26 Å². The highest BCUT2D eigenvalue weighted by Crippen LogP contribution is 2.12. The Morgan fingerprint density at radius 3 is 2.93 bits per heavy atom. The second kappa shape index (κ2) is 4.58. The van der Waals surface area contributed by atoms with E-state index in [1.165, 1.54) is 0 Å². The smallest absolute Gasteiger partial charge is 0.144 e. The maximum absolute atomic E-state index is 8.86. The molecule has 0 aliphatic rings. The number of nitriles is 1. The van der Waals surface area contributed by atoms with E-state index in [-0.39, 0.29) is 12.6 Å². The summed E-state index contributed by atoms with van der Waals surface area (Å²) in [5, 5.41) is 20.6. The van der Waals surface area contributed by atoms with Gasteiger partial charge in [-0.3, -0.25) is 0 Å². The minimum Gasteiger partial charge on any atom is -0.394 e. The van der Waals surface area contributed by atoms with Gasteiger partial charge in [0, 0.05) is 11.7 Å². The van der Waals surface area contributed by atoms with Gasteiger partial charge in [-0.2, -0.15) is 5.26 Å². The van der Waals surface area contributed by atoms with Crippen molar-refractivity contribution >= 4 is 5.82 Å². The molecule has 0 spiro atoms. The van der Waals surface area contributed by atoms with E-state index in [2.05, 4.69) is 10.3 Å². The van der Waals surface area contributed by atoms with Crippen LogP contribution in [0.1, 0.15) is 18.2 Å². The summed E-state index contributed by atoms with van der Waals surface area (Å²) in [7, 11) is 0. The molecule has 1 aromatic rings. The lowest BCUT2D eigenvalue weighted by molar-refractivity contribution is 0.281. The van der Waals surface area contributed by atoms with Crippen molar-refractivity contribution < 1.29 is 5.11 Å². The van der Waals surface area contributed by atoms with Crippen molar-refractivity contribution in [3.05, 3.63) is 23.4 Å². The summed E-state index contributed by atoms with van der Waals surface area (Å²) in [5.41, 5.74) is 1.34. The zero-order chi connectivity index (χ0) is 10.6. The summed E-state index contributed by atoms with van der Waals surface area (Å²) >= 11 is 0. The molecule has 1 unspecified atom stereocenters. The predicted molar refractivity (Wildman–Crippen MR) is 53.9 cm³/mol. The van der Waals surface area contributed by atoms with Crippen molar-refractivity contribution in [3.63, 3.8) is 0 Å². The van der Waals surface area contributed by atoms with Gasteiger partial charge in [0.05, 0.1) is 12.2 Å². The van der Waals surface area contributed by atoms with Gasteiger partial charge in [-0.05, 0) is 26.0 Å². The summed E-state index contributed by atoms with van der Waals surface area (Å²) in [6.45, 7) is 3.70. The van der Waals surface area contributed by atoms with Gasteiger partial charge in [0.15, 0.2) is 0 Å². The lowest BCUT2D eigenvalue weighted by Gasteiger charge is -2.12. The van der Waals surface area contributed by atoms with Gasteiger partial charge in [0.25, 0.3) is 0 Å². The first-order valence-corrected chi connectivity index (χ1v) is 4.42. The topological polar surface area (TPSA) is 68.9 Å². The van der Waals surface area contributed by atoms with Crippen LogP contribution in [0.15, 0.2) is 12.1 Å². The second-order valence-corrected chi connectivity index (χ2v) is 3.19. The predicted octanol–water partition coefficient (Wildman–Crippen LogP) is 1.05. The molecule has 0 aromatic carbocycles. The van der Waals surface area contributed by atoms with Gasteiger partial charge in [-0.25, -0.2) is 4.98 Å². The van der Waals surface area contributed by atoms with Crippen molar-refractivity contribution in [2.24, 2.45) is 0 Å². The van der Waals surface area contributed by atoms with Crippen LogP contribution in [0.2, 0.25) is 0 Å². The van der Waals surface area contributed by atoms with Crippen LogP contribution in [-0.4, -0.2) is 22.7 Å². The highest BCUT2D eigenvalue weighted by Gasteiger charge is 2.06. The molecule has 0 fully saturated rings. The van der Waals surface area contributed by atoms with Gasteiger partial charge in [0.2, 0.25) is 0 Å². The highest BCUT2D eigenvalue weighted by molar-refractivity contribution is 5.52. The quantitative estimate of drug-likeness (QED) is 0.749. The summed E-state index contributed by atoms with van der Waals surface area (Å²) < 4.78 is 0. The first kappa shape index (κ1) is 10.5. The van der Waals surface area contributed by atoms with Gasteiger partial charge >= 0.3 is 0 Å². The maximum Gasteiger partial charge on any atom is 0.144 e. The van der Waals surface area contributed by atoms with E-state index in [1.807, 2.05) is 19.9 Å². The first-order valence-electron chi connectivity index (χ1n) is 4.42. The Kier molecular flexibility index (Phi) is 3.43. The number of hydrogen-bond donors (Lipinski definition) is 2. The normalized spacial score (nSPS) is 11.9. The number of aliphatic hydroxyl groups is 1. The molecule has 4 nitrogen and oxygen atoms in total. The van der Waals surface area contributed by atoms with Gasteiger partial charge in [-0.15, -0.1) is 0 Å². The average Bonchev–Trinajstić information content (AvgIpc) is 2.18. The van der Waals surface area contributed by atoms with Crippen LogP contribution in [0.5, 0.6) is 0 Å². The number of aryl methyl sites for hydroxylation is 1. The van der Waals surface area contributed by atoms with Crippen LogP contribution < -0.4 is 5.32 Å². The van der Waals surface area contributed by atoms with Crippen LogP contribution >= 0.6 is 0 Å². The average molecular weight is 191 g/mol. The fraction of sp³-hybridized carbons (Fsp3) is 0.400. The third kappa shape index (κ3) is 2.44. The molecule has 0 aliphatic carbocycles. The van der Waals surface area contributed by atoms with E-state index < -0.39 is 0 Å². The number of nitrogens with one attached hydrogen (secondary N) is 1. The number of aromatic nitrogens is 1. The largest absolute Gasteiger partial charge is 0.394 e. The number of nitrogens with zero attached hydrogens (tertiary/aromatic N) is 2. The molecule has 0 saturated heterocycles. The van der Waals surface area contributed by atoms with Crippen LogP contribution in [0.4, 0.5) is 5.82 Å². The van der Waals surface area contributed by atoms with Crippen molar-refractivity contribution in [1.82, 2.24) is 4.98 Å². The number of aliphatic hydroxyl groups excluding tert-OH is 1. The molecule has 0 aliphatic heterocycles. The Morgan fingerprint density at radius 2 is 2.36 bits per heavy atom. The molecule has 0 amide bonds. The Labute approximate surface area is 83.2 Å².